The SMILES string of the molecule is CON=C(C(=O)NC1C(=O)N2C(C(=O)O)=C(COC(N)=O)CS[C@@H]12)c1csc(N)n1. The molecule has 0 aromatic carbocycles. The first-order valence-corrected chi connectivity index (χ1v) is 10.1. The molecule has 0 aliphatic carbocycles. The van der Waals surface area contributed by atoms with Gasteiger partial charge >= 0.3 is 12.1 Å². The number of hydrogen-bond donors (Lipinski definition) is 4. The monoisotopic (exact) mass is 456 g/mol. The van der Waals surface area contributed by atoms with Crippen LogP contribution in [0.4, 0.5) is 9.93 Å². The Morgan fingerprint density at radius 2 is 2.20 bits per heavy atom. The van der Waals surface area contributed by atoms with Crippen LogP contribution in [-0.4, -0.2) is 75.5 Å². The van der Waals surface area contributed by atoms with Gasteiger partial charge in [-0.1, -0.05) is 5.16 Å². The Kier molecular flexibility index (Phi) is 6.12. The van der Waals surface area contributed by atoms with E-state index in [1.807, 2.05) is 0 Å². The third-order valence-electron chi connectivity index (χ3n) is 4.09. The number of aliphatic carboxylic acids is 1. The molecule has 0 bridgehead atoms. The molecule has 0 saturated carbocycles. The average molecular weight is 456 g/mol. The number of carboxylic acid groups (broad SMARTS) is 1. The lowest BCUT2D eigenvalue weighted by atomic mass is 10.0. The zero-order chi connectivity index (χ0) is 22.0. The number of carboxylic acids is 1. The highest BCUT2D eigenvalue weighted by atomic mass is 32.2. The molecule has 15 heteroatoms. The highest BCUT2D eigenvalue weighted by Gasteiger charge is 2.54. The van der Waals surface area contributed by atoms with E-state index < -0.39 is 35.3 Å². The van der Waals surface area contributed by atoms with Crippen molar-refractivity contribution in [2.24, 2.45) is 10.9 Å². The molecule has 30 heavy (non-hydrogen) atoms. The van der Waals surface area contributed by atoms with E-state index in [9.17, 15) is 24.3 Å². The van der Waals surface area contributed by atoms with Gasteiger partial charge in [0, 0.05) is 16.7 Å². The summed E-state index contributed by atoms with van der Waals surface area (Å²) >= 11 is 2.30. The van der Waals surface area contributed by atoms with Crippen molar-refractivity contribution in [2.75, 3.05) is 25.2 Å². The first-order chi connectivity index (χ1) is 14.2. The molecule has 1 unspecified atom stereocenters. The first kappa shape index (κ1) is 21.4. The normalized spacial score (nSPS) is 20.9. The van der Waals surface area contributed by atoms with Gasteiger partial charge in [-0.15, -0.1) is 23.1 Å². The molecule has 13 nitrogen and oxygen atoms in total. The number of β-lactam (4-membered cyclic amide) rings is 1. The maximum absolute atomic E-state index is 12.6. The molecule has 3 heterocycles. The Morgan fingerprint density at radius 1 is 1.47 bits per heavy atom. The smallest absolute Gasteiger partial charge is 0.404 e. The molecular weight excluding hydrogens is 440 g/mol. The number of hydrogen-bond acceptors (Lipinski definition) is 11. The lowest BCUT2D eigenvalue weighted by Gasteiger charge is -2.49. The summed E-state index contributed by atoms with van der Waals surface area (Å²) < 4.78 is 4.66. The maximum Gasteiger partial charge on any atom is 0.404 e. The summed E-state index contributed by atoms with van der Waals surface area (Å²) in [5.41, 5.74) is 10.4. The molecule has 1 aromatic heterocycles. The van der Waals surface area contributed by atoms with Gasteiger partial charge in [0.1, 0.15) is 36.5 Å². The van der Waals surface area contributed by atoms with Gasteiger partial charge in [-0.2, -0.15) is 0 Å². The number of nitrogens with zero attached hydrogens (tertiary/aromatic N) is 3. The number of ether oxygens (including phenoxy) is 1. The molecule has 2 aliphatic rings. The number of amides is 3. The van der Waals surface area contributed by atoms with Gasteiger partial charge in [-0.3, -0.25) is 14.5 Å². The summed E-state index contributed by atoms with van der Waals surface area (Å²) in [5.74, 6) is -2.56. The molecule has 3 rings (SSSR count). The minimum absolute atomic E-state index is 0.164. The second kappa shape index (κ2) is 8.58. The van der Waals surface area contributed by atoms with E-state index in [-0.39, 0.29) is 40.2 Å². The number of fused-ring (bicyclic) bond motifs is 1. The molecule has 3 amide bonds. The topological polar surface area (TPSA) is 200 Å². The number of thioether (sulfide) groups is 1. The summed E-state index contributed by atoms with van der Waals surface area (Å²) in [6, 6.07) is -0.992. The Hall–Kier alpha value is -3.33. The van der Waals surface area contributed by atoms with Crippen LogP contribution in [0.15, 0.2) is 21.8 Å². The third kappa shape index (κ3) is 4.02. The number of nitrogens with two attached hydrogens (primary N) is 2. The van der Waals surface area contributed by atoms with Crippen LogP contribution in [0.1, 0.15) is 5.69 Å². The summed E-state index contributed by atoms with van der Waals surface area (Å²) in [4.78, 5) is 57.4. The molecule has 2 atom stereocenters. The number of aromatic nitrogens is 1. The van der Waals surface area contributed by atoms with Crippen LogP contribution >= 0.6 is 23.1 Å². The summed E-state index contributed by atoms with van der Waals surface area (Å²) in [7, 11) is 1.25. The Balaban J connectivity index is 1.77. The number of carbonyl (C=O) groups is 4. The molecule has 1 fully saturated rings. The van der Waals surface area contributed by atoms with Gasteiger partial charge in [-0.05, 0) is 0 Å². The van der Waals surface area contributed by atoms with E-state index >= 15 is 0 Å². The van der Waals surface area contributed by atoms with E-state index in [0.717, 1.165) is 16.2 Å². The minimum Gasteiger partial charge on any atom is -0.477 e. The van der Waals surface area contributed by atoms with Crippen LogP contribution in [0, 0.1) is 0 Å². The van der Waals surface area contributed by atoms with Crippen molar-refractivity contribution >= 4 is 57.8 Å². The van der Waals surface area contributed by atoms with E-state index in [1.165, 1.54) is 24.3 Å². The zero-order valence-electron chi connectivity index (χ0n) is 15.4. The van der Waals surface area contributed by atoms with Crippen LogP contribution in [0.25, 0.3) is 0 Å². The predicted molar refractivity (Wildman–Crippen MR) is 105 cm³/mol. The molecule has 1 saturated heterocycles. The molecular formula is C15H16N6O7S2. The second-order valence-electron chi connectivity index (χ2n) is 5.92. The summed E-state index contributed by atoms with van der Waals surface area (Å²) in [5, 5.41) is 16.8. The zero-order valence-corrected chi connectivity index (χ0v) is 17.0. The largest absolute Gasteiger partial charge is 0.477 e. The van der Waals surface area contributed by atoms with Crippen LogP contribution in [0.2, 0.25) is 0 Å². The second-order valence-corrected chi connectivity index (χ2v) is 7.91. The van der Waals surface area contributed by atoms with Gasteiger partial charge in [0.05, 0.1) is 0 Å². The van der Waals surface area contributed by atoms with Crippen LogP contribution < -0.4 is 16.8 Å². The number of primary amides is 1. The lowest BCUT2D eigenvalue weighted by Crippen LogP contribution is -2.71. The van der Waals surface area contributed by atoms with E-state index in [0.29, 0.717) is 0 Å². The van der Waals surface area contributed by atoms with Gasteiger partial charge < -0.3 is 31.5 Å². The first-order valence-electron chi connectivity index (χ1n) is 8.20. The highest BCUT2D eigenvalue weighted by Crippen LogP contribution is 2.40. The Bertz CT molecular complexity index is 974. The van der Waals surface area contributed by atoms with Crippen LogP contribution in [0.5, 0.6) is 0 Å². The number of oxime groups is 1. The van der Waals surface area contributed by atoms with E-state index in [4.69, 9.17) is 11.5 Å². The summed E-state index contributed by atoms with van der Waals surface area (Å²) in [6.45, 7) is -0.354. The van der Waals surface area contributed by atoms with Gasteiger partial charge in [0.2, 0.25) is 0 Å². The fraction of sp³-hybridized carbons (Fsp3) is 0.333. The molecule has 0 spiro atoms. The van der Waals surface area contributed by atoms with Crippen LogP contribution in [-0.2, 0) is 24.0 Å². The molecule has 1 aromatic rings. The van der Waals surface area contributed by atoms with E-state index in [1.54, 1.807) is 0 Å². The van der Waals surface area contributed by atoms with Crippen molar-refractivity contribution in [3.8, 4) is 0 Å². The van der Waals surface area contributed by atoms with Crippen molar-refractivity contribution in [2.45, 2.75) is 11.4 Å². The third-order valence-corrected chi connectivity index (χ3v) is 6.10. The van der Waals surface area contributed by atoms with Gasteiger partial charge in [0.25, 0.3) is 11.8 Å². The predicted octanol–water partition coefficient (Wildman–Crippen LogP) is -1.09. The minimum atomic E-state index is -1.36. The van der Waals surface area contributed by atoms with Crippen molar-refractivity contribution in [3.05, 3.63) is 22.3 Å². The summed E-state index contributed by atoms with van der Waals surface area (Å²) in [6.07, 6.45) is -1.06. The van der Waals surface area contributed by atoms with Crippen LogP contribution in [0.3, 0.4) is 0 Å². The van der Waals surface area contributed by atoms with Crippen molar-refractivity contribution in [3.63, 3.8) is 0 Å². The average Bonchev–Trinajstić information content (AvgIpc) is 3.13. The van der Waals surface area contributed by atoms with Crippen molar-refractivity contribution < 1.29 is 33.9 Å². The highest BCUT2D eigenvalue weighted by molar-refractivity contribution is 8.00. The molecule has 0 radical (unpaired) electrons. The molecule has 6 N–H and O–H groups in total. The van der Waals surface area contributed by atoms with Crippen molar-refractivity contribution in [1.82, 2.24) is 15.2 Å². The number of anilines is 1. The lowest BCUT2D eigenvalue weighted by molar-refractivity contribution is -0.150. The maximum atomic E-state index is 12.6. The Labute approximate surface area is 177 Å². The van der Waals surface area contributed by atoms with Gasteiger partial charge in [-0.25, -0.2) is 14.6 Å². The fourth-order valence-corrected chi connectivity index (χ4v) is 4.73. The van der Waals surface area contributed by atoms with Gasteiger partial charge in [0.15, 0.2) is 10.8 Å². The number of nitrogen functional groups attached to an aromatic ring is 1. The standard InChI is InChI=1S/C15H16N6O7S2/c1-27-20-7(6-4-30-14(16)18-6)10(22)19-8-11(23)21-9(13(24)25)5(2-28-15(17)26)3-29-12(8)21/h4,8,12H,2-3H2,1H3,(H2,16,18)(H2,17,26)(H,19,22)(H,24,25)/t8?,12-/m0/s1. The number of rotatable bonds is 7. The number of nitrogens with one attached hydrogen (secondary N) is 1. The quantitative estimate of drug-likeness (QED) is 0.222. The number of carbonyl (C=O) groups excluding carboxylic acids is 3. The Morgan fingerprint density at radius 3 is 2.77 bits per heavy atom. The fourth-order valence-electron chi connectivity index (χ4n) is 2.85. The molecule has 160 valence electrons. The van der Waals surface area contributed by atoms with Crippen molar-refractivity contribution in [1.29, 1.82) is 0 Å². The van der Waals surface area contributed by atoms with E-state index in [2.05, 4.69) is 25.0 Å². The molecule has 2 aliphatic heterocycles. The number of thiazole rings is 1.